The molecule has 0 spiro atoms. The van der Waals surface area contributed by atoms with E-state index in [0.717, 1.165) is 11.3 Å². The lowest BCUT2D eigenvalue weighted by atomic mass is 10.1. The summed E-state index contributed by atoms with van der Waals surface area (Å²) in [6, 6.07) is 23.0. The van der Waals surface area contributed by atoms with Crippen LogP contribution in [0, 0.1) is 0 Å². The molecule has 38 heavy (non-hydrogen) atoms. The van der Waals surface area contributed by atoms with E-state index in [9.17, 15) is 19.5 Å². The van der Waals surface area contributed by atoms with Crippen LogP contribution in [-0.4, -0.2) is 36.7 Å². The van der Waals surface area contributed by atoms with Crippen molar-refractivity contribution in [3.8, 4) is 0 Å². The van der Waals surface area contributed by atoms with Crippen LogP contribution in [0.2, 0.25) is 0 Å². The zero-order valence-corrected chi connectivity index (χ0v) is 20.7. The lowest BCUT2D eigenvalue weighted by Crippen LogP contribution is -2.29. The Morgan fingerprint density at radius 2 is 1.61 bits per heavy atom. The van der Waals surface area contributed by atoms with Crippen molar-refractivity contribution in [2.45, 2.75) is 38.3 Å². The van der Waals surface area contributed by atoms with Crippen LogP contribution in [0.4, 0.5) is 11.6 Å². The molecular formula is C28H28N6O4. The number of rotatable bonds is 11. The van der Waals surface area contributed by atoms with Gasteiger partial charge in [0.1, 0.15) is 5.82 Å². The van der Waals surface area contributed by atoms with Gasteiger partial charge < -0.3 is 15.7 Å². The second kappa shape index (κ2) is 13.0. The van der Waals surface area contributed by atoms with E-state index in [4.69, 9.17) is 0 Å². The smallest absolute Gasteiger partial charge is 0.349 e. The Morgan fingerprint density at radius 1 is 0.868 bits per heavy atom. The lowest BCUT2D eigenvalue weighted by Gasteiger charge is -2.15. The molecule has 0 fully saturated rings. The van der Waals surface area contributed by atoms with Gasteiger partial charge in [-0.2, -0.15) is 5.10 Å². The second-order valence-electron chi connectivity index (χ2n) is 8.64. The molecule has 10 nitrogen and oxygen atoms in total. The summed E-state index contributed by atoms with van der Waals surface area (Å²) in [6.07, 6.45) is 2.15. The van der Waals surface area contributed by atoms with Crippen molar-refractivity contribution in [1.82, 2.24) is 19.7 Å². The van der Waals surface area contributed by atoms with Gasteiger partial charge >= 0.3 is 5.69 Å². The van der Waals surface area contributed by atoms with E-state index in [1.54, 1.807) is 42.5 Å². The van der Waals surface area contributed by atoms with E-state index in [-0.39, 0.29) is 18.1 Å². The molecule has 0 saturated carbocycles. The Morgan fingerprint density at radius 3 is 2.32 bits per heavy atom. The highest BCUT2D eigenvalue weighted by Crippen LogP contribution is 2.15. The number of hydrogen-bond acceptors (Lipinski definition) is 7. The fraction of sp³-hybridized carbons (Fsp3) is 0.214. The normalized spacial score (nSPS) is 11.5. The van der Waals surface area contributed by atoms with Crippen LogP contribution in [0.5, 0.6) is 0 Å². The van der Waals surface area contributed by atoms with E-state index in [0.29, 0.717) is 37.2 Å². The largest absolute Gasteiger partial charge is 0.378 e. The monoisotopic (exact) mass is 512 g/mol. The highest BCUT2D eigenvalue weighted by Gasteiger charge is 2.18. The third-order valence-corrected chi connectivity index (χ3v) is 5.81. The molecule has 0 bridgehead atoms. The number of carbonyl (C=O) groups is 2. The van der Waals surface area contributed by atoms with Crippen molar-refractivity contribution >= 4 is 23.5 Å². The summed E-state index contributed by atoms with van der Waals surface area (Å²) in [6.45, 7) is 0.324. The van der Waals surface area contributed by atoms with Gasteiger partial charge in [0, 0.05) is 12.7 Å². The van der Waals surface area contributed by atoms with E-state index < -0.39 is 17.7 Å². The molecule has 0 radical (unpaired) electrons. The number of nitrogens with one attached hydrogen (secondary N) is 2. The predicted molar refractivity (Wildman–Crippen MR) is 142 cm³/mol. The predicted octanol–water partition coefficient (Wildman–Crippen LogP) is 2.91. The number of aryl methyl sites for hydroxylation is 1. The van der Waals surface area contributed by atoms with Crippen molar-refractivity contribution in [2.75, 3.05) is 10.6 Å². The fourth-order valence-electron chi connectivity index (χ4n) is 3.85. The molecule has 4 aromatic rings. The molecule has 0 aliphatic heterocycles. The van der Waals surface area contributed by atoms with Crippen molar-refractivity contribution in [2.24, 2.45) is 0 Å². The van der Waals surface area contributed by atoms with Crippen LogP contribution in [0.3, 0.4) is 0 Å². The van der Waals surface area contributed by atoms with Gasteiger partial charge in [0.2, 0.25) is 5.91 Å². The maximum Gasteiger partial charge on any atom is 0.349 e. The number of aromatic nitrogens is 4. The minimum absolute atomic E-state index is 0.167. The highest BCUT2D eigenvalue weighted by atomic mass is 16.3. The van der Waals surface area contributed by atoms with Crippen LogP contribution in [0.15, 0.2) is 89.9 Å². The number of amides is 2. The summed E-state index contributed by atoms with van der Waals surface area (Å²) in [7, 11) is 0. The standard InChI is InChI=1S/C28H28N6O4/c35-25(19-20-9-3-1-4-10-20)30-23-15-14-22(32-33-23)13-7-8-18-34-24(16-17-29-28(34)38)31-27(37)26(36)21-11-5-2-6-12-21/h1-6,9-12,14-17,26,36H,7-8,13,18-19H2,(H,31,37)(H,30,33,35)/t26-/m0/s1. The number of carbonyl (C=O) groups excluding carboxylic acids is 2. The Kier molecular flexibility index (Phi) is 9.03. The first-order valence-electron chi connectivity index (χ1n) is 12.3. The molecule has 0 saturated heterocycles. The highest BCUT2D eigenvalue weighted by molar-refractivity contribution is 5.94. The van der Waals surface area contributed by atoms with Crippen molar-refractivity contribution < 1.29 is 14.7 Å². The molecule has 194 valence electrons. The van der Waals surface area contributed by atoms with Gasteiger partial charge in [-0.05, 0) is 48.6 Å². The van der Waals surface area contributed by atoms with Crippen molar-refractivity contribution in [3.63, 3.8) is 0 Å². The summed E-state index contributed by atoms with van der Waals surface area (Å²) in [5.41, 5.74) is 1.63. The van der Waals surface area contributed by atoms with Crippen LogP contribution in [0.1, 0.15) is 35.8 Å². The second-order valence-corrected chi connectivity index (χ2v) is 8.64. The van der Waals surface area contributed by atoms with E-state index in [1.807, 2.05) is 30.3 Å². The van der Waals surface area contributed by atoms with E-state index in [2.05, 4.69) is 25.8 Å². The zero-order valence-electron chi connectivity index (χ0n) is 20.7. The molecule has 2 heterocycles. The number of benzene rings is 2. The molecule has 1 atom stereocenters. The number of anilines is 2. The summed E-state index contributed by atoms with van der Waals surface area (Å²) in [5, 5.41) is 24.0. The third kappa shape index (κ3) is 7.40. The molecule has 2 aromatic carbocycles. The average molecular weight is 513 g/mol. The Labute approximate surface area is 219 Å². The first-order chi connectivity index (χ1) is 18.5. The SMILES string of the molecule is O=C(Cc1ccccc1)Nc1ccc(CCCCn2c(NC(=O)[C@@H](O)c3ccccc3)ccnc2=O)nn1. The van der Waals surface area contributed by atoms with Crippen LogP contribution >= 0.6 is 0 Å². The minimum atomic E-state index is -1.36. The molecule has 0 aliphatic carbocycles. The molecule has 4 rings (SSSR count). The van der Waals surface area contributed by atoms with E-state index >= 15 is 0 Å². The average Bonchev–Trinajstić information content (AvgIpc) is 2.93. The lowest BCUT2D eigenvalue weighted by molar-refractivity contribution is -0.124. The number of nitrogens with zero attached hydrogens (tertiary/aromatic N) is 4. The molecule has 0 unspecified atom stereocenters. The summed E-state index contributed by atoms with van der Waals surface area (Å²) < 4.78 is 1.37. The first-order valence-corrected chi connectivity index (χ1v) is 12.3. The molecular weight excluding hydrogens is 484 g/mol. The van der Waals surface area contributed by atoms with Gasteiger partial charge in [-0.3, -0.25) is 14.2 Å². The first kappa shape index (κ1) is 26.4. The number of aliphatic hydroxyl groups excluding tert-OH is 1. The van der Waals surface area contributed by atoms with Gasteiger partial charge in [0.05, 0.1) is 12.1 Å². The summed E-state index contributed by atoms with van der Waals surface area (Å²) in [5.74, 6) is -0.156. The van der Waals surface area contributed by atoms with Crippen LogP contribution in [0.25, 0.3) is 0 Å². The van der Waals surface area contributed by atoms with Crippen LogP contribution in [-0.2, 0) is 29.0 Å². The molecule has 2 amide bonds. The van der Waals surface area contributed by atoms with Crippen LogP contribution < -0.4 is 16.3 Å². The van der Waals surface area contributed by atoms with Crippen molar-refractivity contribution in [3.05, 3.63) is 112 Å². The Hall–Kier alpha value is -4.70. The topological polar surface area (TPSA) is 139 Å². The fourth-order valence-corrected chi connectivity index (χ4v) is 3.85. The number of hydrogen-bond donors (Lipinski definition) is 3. The molecule has 0 aliphatic rings. The minimum Gasteiger partial charge on any atom is -0.378 e. The van der Waals surface area contributed by atoms with Gasteiger partial charge in [0.25, 0.3) is 5.91 Å². The quantitative estimate of drug-likeness (QED) is 0.263. The van der Waals surface area contributed by atoms with Gasteiger partial charge in [-0.1, -0.05) is 60.7 Å². The van der Waals surface area contributed by atoms with Gasteiger partial charge in [0.15, 0.2) is 11.9 Å². The number of unbranched alkanes of at least 4 members (excludes halogenated alkanes) is 1. The number of aliphatic hydroxyl groups is 1. The van der Waals surface area contributed by atoms with Gasteiger partial charge in [-0.25, -0.2) is 9.78 Å². The third-order valence-electron chi connectivity index (χ3n) is 5.81. The van der Waals surface area contributed by atoms with Gasteiger partial charge in [-0.15, -0.1) is 5.10 Å². The molecule has 10 heteroatoms. The maximum absolute atomic E-state index is 12.5. The Balaban J connectivity index is 1.26. The zero-order chi connectivity index (χ0) is 26.7. The maximum atomic E-state index is 12.5. The molecule has 2 aromatic heterocycles. The van der Waals surface area contributed by atoms with Crippen molar-refractivity contribution in [1.29, 1.82) is 0 Å². The summed E-state index contributed by atoms with van der Waals surface area (Å²) in [4.78, 5) is 40.9. The summed E-state index contributed by atoms with van der Waals surface area (Å²) >= 11 is 0. The Bertz CT molecular complexity index is 1410. The molecule has 3 N–H and O–H groups in total. The van der Waals surface area contributed by atoms with E-state index in [1.165, 1.54) is 16.8 Å².